The van der Waals surface area contributed by atoms with Crippen molar-refractivity contribution < 1.29 is 29.1 Å². The Bertz CT molecular complexity index is 1190. The zero-order valence-electron chi connectivity index (χ0n) is 21.0. The van der Waals surface area contributed by atoms with E-state index in [0.717, 1.165) is 0 Å². The quantitative estimate of drug-likeness (QED) is 0.179. The van der Waals surface area contributed by atoms with Gasteiger partial charge in [0.1, 0.15) is 11.5 Å². The predicted octanol–water partition coefficient (Wildman–Crippen LogP) is 3.38. The molecule has 10 nitrogen and oxygen atoms in total. The molecule has 1 N–H and O–H groups in total. The van der Waals surface area contributed by atoms with Crippen LogP contribution in [0.2, 0.25) is 0 Å². The monoisotopic (exact) mass is 509 g/mol. The van der Waals surface area contributed by atoms with E-state index >= 15 is 0 Å². The van der Waals surface area contributed by atoms with Crippen molar-refractivity contribution in [3.63, 3.8) is 0 Å². The van der Waals surface area contributed by atoms with E-state index in [1.165, 1.54) is 23.1 Å². The molecule has 2 aromatic carbocycles. The third-order valence-electron chi connectivity index (χ3n) is 6.41. The third kappa shape index (κ3) is 5.98. The Kier molecular flexibility index (Phi) is 8.20. The minimum Gasteiger partial charge on any atom is -0.507 e. The molecule has 1 atom stereocenters. The van der Waals surface area contributed by atoms with E-state index in [4.69, 9.17) is 9.47 Å². The summed E-state index contributed by atoms with van der Waals surface area (Å²) in [4.78, 5) is 40.8. The molecule has 2 aliphatic heterocycles. The number of nitro benzene ring substituents is 1. The number of benzene rings is 2. The van der Waals surface area contributed by atoms with Gasteiger partial charge in [0.2, 0.25) is 0 Å². The van der Waals surface area contributed by atoms with Crippen LogP contribution in [0.1, 0.15) is 31.0 Å². The number of hydrogen-bond donors (Lipinski definition) is 1. The molecular weight excluding hydrogens is 478 g/mol. The van der Waals surface area contributed by atoms with Crippen molar-refractivity contribution in [1.82, 2.24) is 9.80 Å². The minimum atomic E-state index is -0.960. The number of ether oxygens (including phenoxy) is 2. The van der Waals surface area contributed by atoms with Crippen molar-refractivity contribution in [2.45, 2.75) is 19.9 Å². The maximum Gasteiger partial charge on any atom is 0.295 e. The third-order valence-corrected chi connectivity index (χ3v) is 6.41. The second-order valence-electron chi connectivity index (χ2n) is 9.53. The Morgan fingerprint density at radius 1 is 1.14 bits per heavy atom. The first-order valence-electron chi connectivity index (χ1n) is 12.3. The largest absolute Gasteiger partial charge is 0.507 e. The Hall–Kier alpha value is -3.76. The number of rotatable bonds is 9. The van der Waals surface area contributed by atoms with Crippen molar-refractivity contribution in [2.24, 2.45) is 5.92 Å². The fourth-order valence-electron chi connectivity index (χ4n) is 4.47. The van der Waals surface area contributed by atoms with Crippen LogP contribution in [0.4, 0.5) is 5.69 Å². The number of aliphatic hydroxyl groups excluding tert-OH is 1. The van der Waals surface area contributed by atoms with Gasteiger partial charge in [-0.1, -0.05) is 26.0 Å². The van der Waals surface area contributed by atoms with Crippen LogP contribution in [-0.2, 0) is 14.3 Å². The standard InChI is InChI=1S/C27H31N3O7/c1-18(2)17-37-22-8-6-19(7-9-22)25(31)23-24(20-4-3-5-21(16-20)30(34)35)29(27(33)26(23)32)11-10-28-12-14-36-15-13-28/h3-9,16,18,24,31H,10-15,17H2,1-2H3/b25-23+/t24-/m1/s1. The van der Waals surface area contributed by atoms with Crippen molar-refractivity contribution in [2.75, 3.05) is 46.0 Å². The molecule has 2 aliphatic rings. The molecule has 0 saturated carbocycles. The molecule has 0 unspecified atom stereocenters. The maximum absolute atomic E-state index is 13.2. The van der Waals surface area contributed by atoms with Gasteiger partial charge in [-0.25, -0.2) is 0 Å². The zero-order chi connectivity index (χ0) is 26.5. The topological polar surface area (TPSA) is 122 Å². The first kappa shape index (κ1) is 26.3. The molecule has 0 radical (unpaired) electrons. The molecular formula is C27H31N3O7. The molecule has 1 amide bonds. The van der Waals surface area contributed by atoms with Crippen molar-refractivity contribution in [1.29, 1.82) is 0 Å². The maximum atomic E-state index is 13.2. The van der Waals surface area contributed by atoms with Gasteiger partial charge in [-0.15, -0.1) is 0 Å². The summed E-state index contributed by atoms with van der Waals surface area (Å²) >= 11 is 0. The number of Topliss-reactive ketones (excluding diaryl/α,β-unsaturated/α-hetero) is 1. The fraction of sp³-hybridized carbons (Fsp3) is 0.407. The number of nitrogens with zero attached hydrogens (tertiary/aromatic N) is 3. The Balaban J connectivity index is 1.71. The lowest BCUT2D eigenvalue weighted by molar-refractivity contribution is -0.384. The Morgan fingerprint density at radius 3 is 2.49 bits per heavy atom. The molecule has 2 aromatic rings. The van der Waals surface area contributed by atoms with E-state index in [2.05, 4.69) is 4.90 Å². The van der Waals surface area contributed by atoms with E-state index < -0.39 is 22.7 Å². The molecule has 2 saturated heterocycles. The first-order valence-corrected chi connectivity index (χ1v) is 12.3. The smallest absolute Gasteiger partial charge is 0.295 e. The van der Waals surface area contributed by atoms with Gasteiger partial charge in [-0.2, -0.15) is 0 Å². The van der Waals surface area contributed by atoms with Gasteiger partial charge in [-0.05, 0) is 35.7 Å². The van der Waals surface area contributed by atoms with Crippen LogP contribution in [0.5, 0.6) is 5.75 Å². The summed E-state index contributed by atoms with van der Waals surface area (Å²) in [7, 11) is 0. The normalized spacial score (nSPS) is 20.0. The number of aliphatic hydroxyl groups is 1. The van der Waals surface area contributed by atoms with Gasteiger partial charge in [0.15, 0.2) is 0 Å². The van der Waals surface area contributed by atoms with Crippen LogP contribution in [0, 0.1) is 16.0 Å². The average Bonchev–Trinajstić information content (AvgIpc) is 3.16. The lowest BCUT2D eigenvalue weighted by Crippen LogP contribution is -2.42. The molecule has 4 rings (SSSR count). The highest BCUT2D eigenvalue weighted by Crippen LogP contribution is 2.40. The molecule has 0 spiro atoms. The van der Waals surface area contributed by atoms with Gasteiger partial charge in [-0.3, -0.25) is 24.6 Å². The second kappa shape index (κ2) is 11.5. The van der Waals surface area contributed by atoms with E-state index in [-0.39, 0.29) is 23.6 Å². The summed E-state index contributed by atoms with van der Waals surface area (Å²) in [6.45, 7) is 7.91. The summed E-state index contributed by atoms with van der Waals surface area (Å²) in [5, 5.41) is 22.7. The van der Waals surface area contributed by atoms with Gasteiger partial charge < -0.3 is 19.5 Å². The van der Waals surface area contributed by atoms with Crippen LogP contribution in [0.25, 0.3) is 5.76 Å². The van der Waals surface area contributed by atoms with E-state index in [1.54, 1.807) is 30.3 Å². The predicted molar refractivity (Wildman–Crippen MR) is 136 cm³/mol. The van der Waals surface area contributed by atoms with E-state index in [0.29, 0.717) is 62.2 Å². The summed E-state index contributed by atoms with van der Waals surface area (Å²) < 4.78 is 11.1. The van der Waals surface area contributed by atoms with Crippen molar-refractivity contribution >= 4 is 23.1 Å². The Labute approximate surface area is 215 Å². The molecule has 0 aromatic heterocycles. The minimum absolute atomic E-state index is 0.0941. The molecule has 0 aliphatic carbocycles. The highest BCUT2D eigenvalue weighted by Gasteiger charge is 2.46. The van der Waals surface area contributed by atoms with Gasteiger partial charge in [0.25, 0.3) is 17.4 Å². The molecule has 37 heavy (non-hydrogen) atoms. The molecule has 2 fully saturated rings. The number of morpholine rings is 1. The SMILES string of the molecule is CC(C)COc1ccc(/C(O)=C2\C(=O)C(=O)N(CCN3CCOCC3)[C@@H]2c2cccc([N+](=O)[O-])c2)cc1. The number of carbonyl (C=O) groups excluding carboxylic acids is 2. The number of ketones is 1. The lowest BCUT2D eigenvalue weighted by Gasteiger charge is -2.31. The van der Waals surface area contributed by atoms with Crippen LogP contribution in [-0.4, -0.2) is 77.5 Å². The molecule has 196 valence electrons. The number of nitro groups is 1. The zero-order valence-corrected chi connectivity index (χ0v) is 21.0. The lowest BCUT2D eigenvalue weighted by atomic mass is 9.95. The first-order chi connectivity index (χ1) is 17.8. The number of amides is 1. The number of likely N-dealkylation sites (tertiary alicyclic amines) is 1. The van der Waals surface area contributed by atoms with Gasteiger partial charge >= 0.3 is 0 Å². The molecule has 10 heteroatoms. The summed E-state index contributed by atoms with van der Waals surface area (Å²) in [5.74, 6) is -0.943. The Morgan fingerprint density at radius 2 is 1.84 bits per heavy atom. The molecule has 2 heterocycles. The summed E-state index contributed by atoms with van der Waals surface area (Å²) in [6.07, 6.45) is 0. The summed E-state index contributed by atoms with van der Waals surface area (Å²) in [5.41, 5.74) is 0.471. The highest BCUT2D eigenvalue weighted by molar-refractivity contribution is 6.46. The van der Waals surface area contributed by atoms with E-state index in [9.17, 15) is 24.8 Å². The van der Waals surface area contributed by atoms with E-state index in [1.807, 2.05) is 13.8 Å². The van der Waals surface area contributed by atoms with Crippen LogP contribution >= 0.6 is 0 Å². The molecule has 0 bridgehead atoms. The highest BCUT2D eigenvalue weighted by atomic mass is 16.6. The fourth-order valence-corrected chi connectivity index (χ4v) is 4.47. The van der Waals surface area contributed by atoms with Crippen LogP contribution in [0.15, 0.2) is 54.1 Å². The number of hydrogen-bond acceptors (Lipinski definition) is 8. The number of carbonyl (C=O) groups is 2. The number of non-ortho nitro benzene ring substituents is 1. The van der Waals surface area contributed by atoms with Gasteiger partial charge in [0.05, 0.1) is 36.4 Å². The second-order valence-corrected chi connectivity index (χ2v) is 9.53. The average molecular weight is 510 g/mol. The van der Waals surface area contributed by atoms with Crippen molar-refractivity contribution in [3.8, 4) is 5.75 Å². The van der Waals surface area contributed by atoms with Gasteiger partial charge in [0, 0.05) is 43.9 Å². The summed E-state index contributed by atoms with van der Waals surface area (Å²) in [6, 6.07) is 11.5. The van der Waals surface area contributed by atoms with Crippen molar-refractivity contribution in [3.05, 3.63) is 75.3 Å². The van der Waals surface area contributed by atoms with Crippen LogP contribution in [0.3, 0.4) is 0 Å². The van der Waals surface area contributed by atoms with Crippen LogP contribution < -0.4 is 4.74 Å².